The Hall–Kier alpha value is -1.35. The molecule has 1 N–H and O–H groups in total. The Morgan fingerprint density at radius 3 is 2.91 bits per heavy atom. The van der Waals surface area contributed by atoms with Crippen LogP contribution in [0.15, 0.2) is 22.6 Å². The van der Waals surface area contributed by atoms with Crippen molar-refractivity contribution in [2.24, 2.45) is 17.3 Å². The van der Waals surface area contributed by atoms with Crippen LogP contribution in [0.3, 0.4) is 0 Å². The summed E-state index contributed by atoms with van der Waals surface area (Å²) in [6.45, 7) is 6.94. The molecule has 3 nitrogen and oxygen atoms in total. The number of fused-ring (bicyclic) bond motifs is 1. The lowest BCUT2D eigenvalue weighted by Gasteiger charge is -2.39. The van der Waals surface area contributed by atoms with E-state index >= 15 is 0 Å². The molecule has 1 aliphatic carbocycles. The second-order valence-corrected chi connectivity index (χ2v) is 7.92. The van der Waals surface area contributed by atoms with Gasteiger partial charge in [-0.15, -0.1) is 0 Å². The van der Waals surface area contributed by atoms with Gasteiger partial charge in [0.2, 0.25) is 0 Å². The zero-order chi connectivity index (χ0) is 15.2. The minimum atomic E-state index is 0.612. The molecule has 4 rings (SSSR count). The van der Waals surface area contributed by atoms with Crippen molar-refractivity contribution in [3.63, 3.8) is 0 Å². The Morgan fingerprint density at radius 2 is 2.23 bits per heavy atom. The fourth-order valence-corrected chi connectivity index (χ4v) is 4.25. The normalized spacial score (nSPS) is 23.5. The van der Waals surface area contributed by atoms with Gasteiger partial charge in [-0.05, 0) is 60.6 Å². The molecule has 1 saturated carbocycles. The molecule has 1 aliphatic heterocycles. The third-order valence-electron chi connectivity index (χ3n) is 5.41. The van der Waals surface area contributed by atoms with Crippen molar-refractivity contribution in [2.45, 2.75) is 46.0 Å². The van der Waals surface area contributed by atoms with E-state index in [-0.39, 0.29) is 0 Å². The molecule has 2 aromatic rings. The van der Waals surface area contributed by atoms with E-state index in [2.05, 4.69) is 37.4 Å². The summed E-state index contributed by atoms with van der Waals surface area (Å²) >= 11 is 0. The molecule has 1 spiro atoms. The average molecular weight is 298 g/mol. The third-order valence-corrected chi connectivity index (χ3v) is 5.41. The van der Waals surface area contributed by atoms with E-state index in [1.54, 1.807) is 0 Å². The van der Waals surface area contributed by atoms with Gasteiger partial charge in [0.1, 0.15) is 5.52 Å². The standard InChI is InChI=1S/C19H26N2O/c1-13(2)7-14-3-4-17-16(8-14)21-18(22-17)9-15-5-6-19(10-15)11-20-12-19/h3-4,8,13,15,20H,5-7,9-12H2,1-2H3. The number of aromatic nitrogens is 1. The van der Waals surface area contributed by atoms with Gasteiger partial charge in [-0.3, -0.25) is 0 Å². The van der Waals surface area contributed by atoms with E-state index in [1.165, 1.54) is 37.9 Å². The SMILES string of the molecule is CC(C)Cc1ccc2oc(CC3CCC4(CNC4)C3)nc2c1. The van der Waals surface area contributed by atoms with Crippen LogP contribution in [0, 0.1) is 17.3 Å². The number of nitrogens with zero attached hydrogens (tertiary/aromatic N) is 1. The number of rotatable bonds is 4. The first-order valence-electron chi connectivity index (χ1n) is 8.71. The predicted molar refractivity (Wildman–Crippen MR) is 88.9 cm³/mol. The predicted octanol–water partition coefficient (Wildman–Crippen LogP) is 3.96. The Balaban J connectivity index is 1.48. The van der Waals surface area contributed by atoms with E-state index < -0.39 is 0 Å². The second kappa shape index (κ2) is 5.38. The van der Waals surface area contributed by atoms with Crippen molar-refractivity contribution in [2.75, 3.05) is 13.1 Å². The maximum absolute atomic E-state index is 5.98. The fraction of sp³-hybridized carbons (Fsp3) is 0.632. The van der Waals surface area contributed by atoms with Crippen LogP contribution in [0.1, 0.15) is 44.6 Å². The van der Waals surface area contributed by atoms with Crippen molar-refractivity contribution >= 4 is 11.1 Å². The van der Waals surface area contributed by atoms with Gasteiger partial charge in [0.05, 0.1) is 0 Å². The van der Waals surface area contributed by atoms with Crippen LogP contribution < -0.4 is 5.32 Å². The van der Waals surface area contributed by atoms with Crippen molar-refractivity contribution < 1.29 is 4.42 Å². The van der Waals surface area contributed by atoms with Gasteiger partial charge in [0.25, 0.3) is 0 Å². The van der Waals surface area contributed by atoms with Gasteiger partial charge in [0, 0.05) is 19.5 Å². The lowest BCUT2D eigenvalue weighted by molar-refractivity contribution is 0.169. The summed E-state index contributed by atoms with van der Waals surface area (Å²) in [5.41, 5.74) is 3.95. The minimum Gasteiger partial charge on any atom is -0.441 e. The first kappa shape index (κ1) is 14.3. The Labute approximate surface area is 132 Å². The lowest BCUT2D eigenvalue weighted by Crippen LogP contribution is -2.51. The third kappa shape index (κ3) is 2.67. The van der Waals surface area contributed by atoms with Crippen molar-refractivity contribution in [1.82, 2.24) is 10.3 Å². The van der Waals surface area contributed by atoms with Gasteiger partial charge in [-0.1, -0.05) is 19.9 Å². The maximum atomic E-state index is 5.98. The van der Waals surface area contributed by atoms with E-state index in [9.17, 15) is 0 Å². The molecule has 0 amide bonds. The molecule has 1 atom stereocenters. The van der Waals surface area contributed by atoms with Gasteiger partial charge in [-0.25, -0.2) is 4.98 Å². The molecule has 2 aliphatic rings. The van der Waals surface area contributed by atoms with Crippen LogP contribution in [-0.4, -0.2) is 18.1 Å². The number of nitrogens with one attached hydrogen (secondary N) is 1. The molecule has 3 heteroatoms. The molecule has 0 bridgehead atoms. The zero-order valence-corrected chi connectivity index (χ0v) is 13.7. The molecule has 1 aromatic carbocycles. The van der Waals surface area contributed by atoms with Gasteiger partial charge in [0.15, 0.2) is 11.5 Å². The molecule has 2 fully saturated rings. The molecule has 1 unspecified atom stereocenters. The van der Waals surface area contributed by atoms with E-state index in [0.717, 1.165) is 35.7 Å². The number of hydrogen-bond donors (Lipinski definition) is 1. The summed E-state index contributed by atoms with van der Waals surface area (Å²) in [6.07, 6.45) is 6.17. The summed E-state index contributed by atoms with van der Waals surface area (Å²) in [6, 6.07) is 6.48. The summed E-state index contributed by atoms with van der Waals surface area (Å²) < 4.78 is 5.98. The van der Waals surface area contributed by atoms with E-state index in [0.29, 0.717) is 11.3 Å². The highest BCUT2D eigenvalue weighted by Gasteiger charge is 2.43. The Bertz CT molecular complexity index is 669. The fourth-order valence-electron chi connectivity index (χ4n) is 4.25. The summed E-state index contributed by atoms with van der Waals surface area (Å²) in [5.74, 6) is 2.37. The molecule has 2 heterocycles. The van der Waals surface area contributed by atoms with E-state index in [4.69, 9.17) is 9.40 Å². The first-order valence-corrected chi connectivity index (χ1v) is 8.71. The van der Waals surface area contributed by atoms with Crippen LogP contribution in [-0.2, 0) is 12.8 Å². The van der Waals surface area contributed by atoms with Gasteiger partial charge < -0.3 is 9.73 Å². The van der Waals surface area contributed by atoms with Gasteiger partial charge in [-0.2, -0.15) is 0 Å². The quantitative estimate of drug-likeness (QED) is 0.928. The van der Waals surface area contributed by atoms with Crippen LogP contribution in [0.2, 0.25) is 0 Å². The molecular formula is C19H26N2O. The van der Waals surface area contributed by atoms with Crippen molar-refractivity contribution in [3.8, 4) is 0 Å². The number of oxazole rings is 1. The maximum Gasteiger partial charge on any atom is 0.195 e. The second-order valence-electron chi connectivity index (χ2n) is 7.92. The Morgan fingerprint density at radius 1 is 1.36 bits per heavy atom. The molecule has 1 saturated heterocycles. The number of benzene rings is 1. The highest BCUT2D eigenvalue weighted by Crippen LogP contribution is 2.45. The zero-order valence-electron chi connectivity index (χ0n) is 13.7. The van der Waals surface area contributed by atoms with Crippen LogP contribution >= 0.6 is 0 Å². The van der Waals surface area contributed by atoms with Crippen LogP contribution in [0.4, 0.5) is 0 Å². The lowest BCUT2D eigenvalue weighted by atomic mass is 9.79. The van der Waals surface area contributed by atoms with Crippen molar-refractivity contribution in [1.29, 1.82) is 0 Å². The largest absolute Gasteiger partial charge is 0.441 e. The molecule has 22 heavy (non-hydrogen) atoms. The molecule has 118 valence electrons. The highest BCUT2D eigenvalue weighted by molar-refractivity contribution is 5.73. The topological polar surface area (TPSA) is 38.1 Å². The Kier molecular flexibility index (Phi) is 3.48. The van der Waals surface area contributed by atoms with Crippen LogP contribution in [0.5, 0.6) is 0 Å². The molecule has 0 radical (unpaired) electrons. The smallest absolute Gasteiger partial charge is 0.195 e. The summed E-state index contributed by atoms with van der Waals surface area (Å²) in [4.78, 5) is 4.75. The van der Waals surface area contributed by atoms with Crippen LogP contribution in [0.25, 0.3) is 11.1 Å². The molecular weight excluding hydrogens is 272 g/mol. The molecule has 1 aromatic heterocycles. The number of hydrogen-bond acceptors (Lipinski definition) is 3. The highest BCUT2D eigenvalue weighted by atomic mass is 16.3. The first-order chi connectivity index (χ1) is 10.6. The van der Waals surface area contributed by atoms with Gasteiger partial charge >= 0.3 is 0 Å². The average Bonchev–Trinajstić information content (AvgIpc) is 3.01. The van der Waals surface area contributed by atoms with E-state index in [1.807, 2.05) is 0 Å². The summed E-state index contributed by atoms with van der Waals surface area (Å²) in [5, 5.41) is 3.43. The monoisotopic (exact) mass is 298 g/mol. The van der Waals surface area contributed by atoms with Crippen molar-refractivity contribution in [3.05, 3.63) is 29.7 Å². The minimum absolute atomic E-state index is 0.612. The summed E-state index contributed by atoms with van der Waals surface area (Å²) in [7, 11) is 0.